The van der Waals surface area contributed by atoms with Crippen LogP contribution in [-0.4, -0.2) is 21.9 Å². The number of hydrogen-bond acceptors (Lipinski definition) is 3. The second-order valence-electron chi connectivity index (χ2n) is 3.87. The molecular formula is C11H17BrClN3O. The zero-order chi connectivity index (χ0) is 12.8. The van der Waals surface area contributed by atoms with Crippen molar-refractivity contribution >= 4 is 33.3 Å². The van der Waals surface area contributed by atoms with E-state index in [1.165, 1.54) is 6.33 Å². The molecule has 1 aromatic heterocycles. The number of hydrogen-bond donors (Lipinski definition) is 2. The number of halogens is 2. The Morgan fingerprint density at radius 2 is 2.18 bits per heavy atom. The Labute approximate surface area is 114 Å². The van der Waals surface area contributed by atoms with Gasteiger partial charge in [-0.2, -0.15) is 0 Å². The predicted octanol–water partition coefficient (Wildman–Crippen LogP) is 2.99. The number of rotatable bonds is 6. The Kier molecular flexibility index (Phi) is 5.98. The molecule has 0 amide bonds. The topological polar surface area (TPSA) is 57.8 Å². The molecule has 0 aromatic carbocycles. The summed E-state index contributed by atoms with van der Waals surface area (Å²) in [5, 5.41) is 3.13. The third-order valence-corrected chi connectivity index (χ3v) is 4.07. The molecule has 0 saturated carbocycles. The van der Waals surface area contributed by atoms with Crippen LogP contribution >= 0.6 is 27.5 Å². The number of anilines is 1. The molecule has 1 rings (SSSR count). The minimum Gasteiger partial charge on any atom is -0.367 e. The standard InChI is InChI=1S/C11H17BrClN3O/c1-3-7(4-2)8(13)5-14-10-9(12)11(17)16-6-15-10/h6-8H,3-5H2,1-2H3,(H2,14,15,16,17). The van der Waals surface area contributed by atoms with Gasteiger partial charge in [0.05, 0.1) is 11.7 Å². The fraction of sp³-hybridized carbons (Fsp3) is 0.636. The van der Waals surface area contributed by atoms with Gasteiger partial charge in [-0.3, -0.25) is 4.79 Å². The summed E-state index contributed by atoms with van der Waals surface area (Å²) in [6.07, 6.45) is 3.47. The van der Waals surface area contributed by atoms with Crippen molar-refractivity contribution in [3.8, 4) is 0 Å². The van der Waals surface area contributed by atoms with Crippen molar-refractivity contribution in [1.29, 1.82) is 0 Å². The molecule has 0 spiro atoms. The van der Waals surface area contributed by atoms with Crippen LogP contribution in [0.1, 0.15) is 26.7 Å². The van der Waals surface area contributed by atoms with E-state index in [1.54, 1.807) is 0 Å². The lowest BCUT2D eigenvalue weighted by atomic mass is 9.99. The molecule has 96 valence electrons. The summed E-state index contributed by atoms with van der Waals surface area (Å²) in [4.78, 5) is 17.9. The normalized spacial score (nSPS) is 12.8. The summed E-state index contributed by atoms with van der Waals surface area (Å²) in [5.41, 5.74) is -0.198. The Morgan fingerprint density at radius 3 is 2.76 bits per heavy atom. The summed E-state index contributed by atoms with van der Waals surface area (Å²) in [5.74, 6) is 1.01. The van der Waals surface area contributed by atoms with Crippen LogP contribution in [0.4, 0.5) is 5.82 Å². The average Bonchev–Trinajstić information content (AvgIpc) is 2.32. The second-order valence-corrected chi connectivity index (χ2v) is 5.22. The molecule has 1 atom stereocenters. The van der Waals surface area contributed by atoms with Crippen molar-refractivity contribution in [2.45, 2.75) is 32.1 Å². The third kappa shape index (κ3) is 4.00. The van der Waals surface area contributed by atoms with Crippen LogP contribution < -0.4 is 10.9 Å². The van der Waals surface area contributed by atoms with Gasteiger partial charge < -0.3 is 10.3 Å². The van der Waals surface area contributed by atoms with E-state index >= 15 is 0 Å². The molecule has 0 saturated heterocycles. The zero-order valence-electron chi connectivity index (χ0n) is 9.96. The van der Waals surface area contributed by atoms with E-state index in [1.807, 2.05) is 0 Å². The van der Waals surface area contributed by atoms with E-state index < -0.39 is 0 Å². The van der Waals surface area contributed by atoms with Gasteiger partial charge in [-0.05, 0) is 21.8 Å². The Bertz CT molecular complexity index is 406. The minimum absolute atomic E-state index is 0.0398. The fourth-order valence-corrected chi connectivity index (χ4v) is 2.46. The van der Waals surface area contributed by atoms with Gasteiger partial charge in [0.25, 0.3) is 5.56 Å². The molecule has 2 N–H and O–H groups in total. The number of aromatic amines is 1. The molecule has 0 bridgehead atoms. The summed E-state index contributed by atoms with van der Waals surface area (Å²) < 4.78 is 0.411. The predicted molar refractivity (Wildman–Crippen MR) is 74.8 cm³/mol. The van der Waals surface area contributed by atoms with Crippen LogP contribution in [0.5, 0.6) is 0 Å². The molecule has 0 aliphatic heterocycles. The summed E-state index contributed by atoms with van der Waals surface area (Å²) in [7, 11) is 0. The van der Waals surface area contributed by atoms with Crippen LogP contribution in [-0.2, 0) is 0 Å². The van der Waals surface area contributed by atoms with Gasteiger partial charge in [-0.15, -0.1) is 11.6 Å². The van der Waals surface area contributed by atoms with Crippen LogP contribution in [0.3, 0.4) is 0 Å². The molecule has 17 heavy (non-hydrogen) atoms. The van der Waals surface area contributed by atoms with Crippen molar-refractivity contribution in [3.05, 3.63) is 21.2 Å². The van der Waals surface area contributed by atoms with Crippen molar-refractivity contribution in [2.75, 3.05) is 11.9 Å². The van der Waals surface area contributed by atoms with Gasteiger partial charge in [0.2, 0.25) is 0 Å². The minimum atomic E-state index is -0.198. The highest BCUT2D eigenvalue weighted by Gasteiger charge is 2.16. The highest BCUT2D eigenvalue weighted by atomic mass is 79.9. The molecule has 1 heterocycles. The second kappa shape index (κ2) is 7.01. The van der Waals surface area contributed by atoms with Gasteiger partial charge in [0.15, 0.2) is 0 Å². The number of nitrogens with zero attached hydrogens (tertiary/aromatic N) is 1. The monoisotopic (exact) mass is 321 g/mol. The molecule has 4 nitrogen and oxygen atoms in total. The summed E-state index contributed by atoms with van der Waals surface area (Å²) >= 11 is 9.49. The van der Waals surface area contributed by atoms with Crippen molar-refractivity contribution < 1.29 is 0 Å². The van der Waals surface area contributed by atoms with Crippen LogP contribution in [0.25, 0.3) is 0 Å². The highest BCUT2D eigenvalue weighted by molar-refractivity contribution is 9.10. The molecule has 0 aliphatic carbocycles. The van der Waals surface area contributed by atoms with Gasteiger partial charge in [-0.1, -0.05) is 26.7 Å². The molecule has 1 unspecified atom stereocenters. The first-order chi connectivity index (χ1) is 8.10. The first kappa shape index (κ1) is 14.5. The van der Waals surface area contributed by atoms with Gasteiger partial charge >= 0.3 is 0 Å². The lowest BCUT2D eigenvalue weighted by Gasteiger charge is -2.19. The van der Waals surface area contributed by atoms with E-state index in [0.29, 0.717) is 22.8 Å². The first-order valence-corrected chi connectivity index (χ1v) is 6.94. The number of nitrogens with one attached hydrogen (secondary N) is 2. The summed E-state index contributed by atoms with van der Waals surface area (Å²) in [6.45, 7) is 4.86. The van der Waals surface area contributed by atoms with Crippen LogP contribution in [0.15, 0.2) is 15.6 Å². The van der Waals surface area contributed by atoms with Crippen molar-refractivity contribution in [3.63, 3.8) is 0 Å². The highest BCUT2D eigenvalue weighted by Crippen LogP contribution is 2.20. The van der Waals surface area contributed by atoms with E-state index in [9.17, 15) is 4.79 Å². The van der Waals surface area contributed by atoms with Gasteiger partial charge in [-0.25, -0.2) is 4.98 Å². The Balaban J connectivity index is 2.61. The van der Waals surface area contributed by atoms with Gasteiger partial charge in [0, 0.05) is 6.54 Å². The SMILES string of the molecule is CCC(CC)C(Cl)CNc1nc[nH]c(=O)c1Br. The van der Waals surface area contributed by atoms with E-state index in [2.05, 4.69) is 45.1 Å². The van der Waals surface area contributed by atoms with Crippen LogP contribution in [0.2, 0.25) is 0 Å². The molecule has 0 aliphatic rings. The lowest BCUT2D eigenvalue weighted by Crippen LogP contribution is -2.24. The van der Waals surface area contributed by atoms with E-state index in [-0.39, 0.29) is 10.9 Å². The molecular weight excluding hydrogens is 305 g/mol. The quantitative estimate of drug-likeness (QED) is 0.792. The van der Waals surface area contributed by atoms with E-state index in [0.717, 1.165) is 12.8 Å². The third-order valence-electron chi connectivity index (χ3n) is 2.82. The average molecular weight is 323 g/mol. The molecule has 0 fully saturated rings. The number of alkyl halides is 1. The molecule has 1 aromatic rings. The maximum absolute atomic E-state index is 11.3. The van der Waals surface area contributed by atoms with Crippen LogP contribution in [0, 0.1) is 5.92 Å². The lowest BCUT2D eigenvalue weighted by molar-refractivity contribution is 0.475. The molecule has 6 heteroatoms. The fourth-order valence-electron chi connectivity index (χ4n) is 1.67. The molecule has 0 radical (unpaired) electrons. The smallest absolute Gasteiger partial charge is 0.267 e. The van der Waals surface area contributed by atoms with Gasteiger partial charge in [0.1, 0.15) is 10.3 Å². The maximum Gasteiger partial charge on any atom is 0.267 e. The van der Waals surface area contributed by atoms with Crippen molar-refractivity contribution in [2.24, 2.45) is 5.92 Å². The first-order valence-electron chi connectivity index (χ1n) is 5.71. The van der Waals surface area contributed by atoms with Crippen molar-refractivity contribution in [1.82, 2.24) is 9.97 Å². The Morgan fingerprint density at radius 1 is 1.53 bits per heavy atom. The number of H-pyrrole nitrogens is 1. The summed E-state index contributed by atoms with van der Waals surface area (Å²) in [6, 6.07) is 0. The largest absolute Gasteiger partial charge is 0.367 e. The Hall–Kier alpha value is -0.550. The maximum atomic E-state index is 11.3. The van der Waals surface area contributed by atoms with E-state index in [4.69, 9.17) is 11.6 Å². The zero-order valence-corrected chi connectivity index (χ0v) is 12.3. The number of aromatic nitrogens is 2.